The number of carbonyl (C=O) groups is 2. The van der Waals surface area contributed by atoms with Gasteiger partial charge in [0.15, 0.2) is 0 Å². The molecular formula is C27H26N8O2. The SMILES string of the molecule is CN1CCC(C(=O)Nc2cnc3[nH]cc(-c4ccn5ncc(C(=O)Nc6cccnc6)c5c4)c3c2)CC1. The average molecular weight is 495 g/mol. The Hall–Kier alpha value is -4.57. The van der Waals surface area contributed by atoms with Crippen LogP contribution in [0.15, 0.2) is 67.5 Å². The number of aromatic nitrogens is 5. The molecule has 1 aliphatic heterocycles. The molecule has 0 spiro atoms. The fraction of sp³-hybridized carbons (Fsp3) is 0.222. The molecule has 10 heteroatoms. The third-order valence-electron chi connectivity index (χ3n) is 6.88. The highest BCUT2D eigenvalue weighted by molar-refractivity contribution is 6.09. The molecule has 2 amide bonds. The average Bonchev–Trinajstić information content (AvgIpc) is 3.53. The van der Waals surface area contributed by atoms with Gasteiger partial charge in [0.2, 0.25) is 5.91 Å². The molecule has 6 heterocycles. The number of pyridine rings is 3. The van der Waals surface area contributed by atoms with Crippen molar-refractivity contribution in [3.05, 3.63) is 73.1 Å². The van der Waals surface area contributed by atoms with Gasteiger partial charge in [-0.05, 0) is 68.9 Å². The van der Waals surface area contributed by atoms with E-state index in [0.717, 1.165) is 48.1 Å². The largest absolute Gasteiger partial charge is 0.346 e. The third kappa shape index (κ3) is 4.54. The lowest BCUT2D eigenvalue weighted by molar-refractivity contribution is -0.121. The third-order valence-corrected chi connectivity index (χ3v) is 6.88. The summed E-state index contributed by atoms with van der Waals surface area (Å²) in [5, 5.41) is 11.1. The van der Waals surface area contributed by atoms with Crippen LogP contribution in [0.5, 0.6) is 0 Å². The van der Waals surface area contributed by atoms with Crippen molar-refractivity contribution >= 4 is 39.7 Å². The van der Waals surface area contributed by atoms with E-state index in [9.17, 15) is 9.59 Å². The number of hydrogen-bond acceptors (Lipinski definition) is 6. The second kappa shape index (κ2) is 9.47. The fourth-order valence-corrected chi connectivity index (χ4v) is 4.78. The molecule has 5 aromatic heterocycles. The van der Waals surface area contributed by atoms with E-state index in [2.05, 4.69) is 42.6 Å². The van der Waals surface area contributed by atoms with Crippen LogP contribution >= 0.6 is 0 Å². The number of rotatable bonds is 5. The van der Waals surface area contributed by atoms with Crippen molar-refractivity contribution in [3.63, 3.8) is 0 Å². The second-order valence-electron chi connectivity index (χ2n) is 9.39. The smallest absolute Gasteiger partial charge is 0.259 e. The molecule has 3 N–H and O–H groups in total. The minimum absolute atomic E-state index is 0.0121. The molecule has 1 saturated heterocycles. The molecule has 0 unspecified atom stereocenters. The van der Waals surface area contributed by atoms with E-state index in [-0.39, 0.29) is 17.7 Å². The maximum atomic E-state index is 12.9. The molecule has 0 aliphatic carbocycles. The Kier molecular flexibility index (Phi) is 5.85. The first kappa shape index (κ1) is 22.9. The van der Waals surface area contributed by atoms with E-state index in [0.29, 0.717) is 22.5 Å². The number of nitrogens with one attached hydrogen (secondary N) is 3. The Bertz CT molecular complexity index is 1600. The zero-order valence-corrected chi connectivity index (χ0v) is 20.3. The zero-order chi connectivity index (χ0) is 25.4. The van der Waals surface area contributed by atoms with E-state index >= 15 is 0 Å². The van der Waals surface area contributed by atoms with Crippen molar-refractivity contribution in [2.45, 2.75) is 12.8 Å². The molecule has 5 aromatic rings. The molecule has 37 heavy (non-hydrogen) atoms. The van der Waals surface area contributed by atoms with Crippen LogP contribution in [0.2, 0.25) is 0 Å². The Morgan fingerprint density at radius 2 is 1.92 bits per heavy atom. The Morgan fingerprint density at radius 1 is 1.05 bits per heavy atom. The molecule has 6 rings (SSSR count). The Balaban J connectivity index is 1.29. The monoisotopic (exact) mass is 494 g/mol. The number of fused-ring (bicyclic) bond motifs is 2. The number of piperidine rings is 1. The maximum absolute atomic E-state index is 12.9. The van der Waals surface area contributed by atoms with Crippen molar-refractivity contribution < 1.29 is 9.59 Å². The molecule has 1 fully saturated rings. The van der Waals surface area contributed by atoms with Gasteiger partial charge in [-0.15, -0.1) is 0 Å². The number of H-pyrrole nitrogens is 1. The first-order valence-electron chi connectivity index (χ1n) is 12.2. The van der Waals surface area contributed by atoms with E-state index in [1.54, 1.807) is 41.4 Å². The number of hydrogen-bond donors (Lipinski definition) is 3. The number of nitrogens with zero attached hydrogens (tertiary/aromatic N) is 5. The molecule has 0 aromatic carbocycles. The summed E-state index contributed by atoms with van der Waals surface area (Å²) in [4.78, 5) is 39.8. The first-order chi connectivity index (χ1) is 18.0. The minimum atomic E-state index is -0.264. The van der Waals surface area contributed by atoms with Crippen LogP contribution in [-0.2, 0) is 4.79 Å². The number of amides is 2. The molecular weight excluding hydrogens is 468 g/mol. The Labute approximate surface area is 212 Å². The summed E-state index contributed by atoms with van der Waals surface area (Å²) in [6.07, 6.45) is 11.9. The topological polar surface area (TPSA) is 120 Å². The highest BCUT2D eigenvalue weighted by Gasteiger charge is 2.23. The van der Waals surface area contributed by atoms with Gasteiger partial charge < -0.3 is 20.5 Å². The lowest BCUT2D eigenvalue weighted by Gasteiger charge is -2.28. The molecule has 0 saturated carbocycles. The lowest BCUT2D eigenvalue weighted by atomic mass is 9.96. The van der Waals surface area contributed by atoms with Crippen molar-refractivity contribution in [2.24, 2.45) is 5.92 Å². The van der Waals surface area contributed by atoms with Crippen LogP contribution in [0.3, 0.4) is 0 Å². The predicted molar refractivity (Wildman–Crippen MR) is 141 cm³/mol. The van der Waals surface area contributed by atoms with Crippen LogP contribution in [0.4, 0.5) is 11.4 Å². The van der Waals surface area contributed by atoms with E-state index in [1.165, 1.54) is 0 Å². The van der Waals surface area contributed by atoms with Crippen molar-refractivity contribution in [3.8, 4) is 11.1 Å². The first-order valence-corrected chi connectivity index (χ1v) is 12.2. The fourth-order valence-electron chi connectivity index (χ4n) is 4.78. The normalized spacial score (nSPS) is 14.7. The summed E-state index contributed by atoms with van der Waals surface area (Å²) in [6.45, 7) is 1.85. The quantitative estimate of drug-likeness (QED) is 0.342. The highest BCUT2D eigenvalue weighted by atomic mass is 16.2. The molecule has 0 radical (unpaired) electrons. The molecule has 0 atom stereocenters. The van der Waals surface area contributed by atoms with E-state index < -0.39 is 0 Å². The van der Waals surface area contributed by atoms with Crippen LogP contribution in [0.25, 0.3) is 27.7 Å². The van der Waals surface area contributed by atoms with E-state index in [1.807, 2.05) is 30.6 Å². The van der Waals surface area contributed by atoms with E-state index in [4.69, 9.17) is 0 Å². The molecule has 1 aliphatic rings. The number of anilines is 2. The highest BCUT2D eigenvalue weighted by Crippen LogP contribution is 2.31. The molecule has 10 nitrogen and oxygen atoms in total. The number of aromatic amines is 1. The summed E-state index contributed by atoms with van der Waals surface area (Å²) in [5.74, 6) is -0.214. The molecule has 0 bridgehead atoms. The van der Waals surface area contributed by atoms with Gasteiger partial charge in [0.05, 0.1) is 41.0 Å². The van der Waals surface area contributed by atoms with Crippen molar-refractivity contribution in [1.29, 1.82) is 0 Å². The van der Waals surface area contributed by atoms with Gasteiger partial charge in [-0.1, -0.05) is 0 Å². The summed E-state index contributed by atoms with van der Waals surface area (Å²) in [7, 11) is 2.08. The zero-order valence-electron chi connectivity index (χ0n) is 20.3. The second-order valence-corrected chi connectivity index (χ2v) is 9.39. The van der Waals surface area contributed by atoms with Gasteiger partial charge in [0.25, 0.3) is 5.91 Å². The van der Waals surface area contributed by atoms with Crippen LogP contribution in [-0.4, -0.2) is 61.4 Å². The van der Waals surface area contributed by atoms with Gasteiger partial charge in [0, 0.05) is 35.5 Å². The van der Waals surface area contributed by atoms with Gasteiger partial charge in [0.1, 0.15) is 5.65 Å². The van der Waals surface area contributed by atoms with Gasteiger partial charge in [-0.2, -0.15) is 5.10 Å². The minimum Gasteiger partial charge on any atom is -0.346 e. The van der Waals surface area contributed by atoms with Crippen molar-refractivity contribution in [1.82, 2.24) is 29.5 Å². The van der Waals surface area contributed by atoms with Gasteiger partial charge in [-0.3, -0.25) is 14.6 Å². The van der Waals surface area contributed by atoms with Gasteiger partial charge in [-0.25, -0.2) is 9.50 Å². The Morgan fingerprint density at radius 3 is 2.73 bits per heavy atom. The maximum Gasteiger partial charge on any atom is 0.259 e. The summed E-state index contributed by atoms with van der Waals surface area (Å²) in [5.41, 5.74) is 4.94. The van der Waals surface area contributed by atoms with Crippen molar-refractivity contribution in [2.75, 3.05) is 30.8 Å². The molecule has 186 valence electrons. The lowest BCUT2D eigenvalue weighted by Crippen LogP contribution is -2.35. The van der Waals surface area contributed by atoms with Crippen LogP contribution in [0.1, 0.15) is 23.2 Å². The standard InChI is InChI=1S/C27H26N8O2/c1-34-8-4-17(5-9-34)26(36)33-20-12-21-22(15-30-25(21)29-14-20)18-6-10-35-24(11-18)23(16-31-35)27(37)32-19-3-2-7-28-13-19/h2-3,6-7,10-17H,4-5,8-9H2,1H3,(H,29,30)(H,32,37)(H,33,36). The predicted octanol–water partition coefficient (Wildman–Crippen LogP) is 3.81. The number of carbonyl (C=O) groups excluding carboxylic acids is 2. The van der Waals surface area contributed by atoms with Crippen LogP contribution in [0, 0.1) is 5.92 Å². The summed E-state index contributed by atoms with van der Waals surface area (Å²) >= 11 is 0. The summed E-state index contributed by atoms with van der Waals surface area (Å²) < 4.78 is 1.67. The van der Waals surface area contributed by atoms with Gasteiger partial charge >= 0.3 is 0 Å². The van der Waals surface area contributed by atoms with Crippen LogP contribution < -0.4 is 10.6 Å². The summed E-state index contributed by atoms with van der Waals surface area (Å²) in [6, 6.07) is 9.35. The number of likely N-dealkylation sites (tertiary alicyclic amines) is 1.